The Hall–Kier alpha value is -2.00. The maximum absolute atomic E-state index is 11.9. The Bertz CT molecular complexity index is 544. The lowest BCUT2D eigenvalue weighted by Gasteiger charge is -2.07. The standard InChI is InChI=1S/C9H9BrN6O2/c10-5-1-6(8(15-11)12-2-5)9(17)13-3-7-14-4-18-16-7/h1-2,4H,3,11H2,(H,12,15)(H,13,17). The number of nitrogen functional groups attached to an aromatic ring is 1. The van der Waals surface area contributed by atoms with Gasteiger partial charge in [0, 0.05) is 10.7 Å². The molecule has 0 radical (unpaired) electrons. The van der Waals surface area contributed by atoms with Crippen molar-refractivity contribution in [3.05, 3.63) is 34.5 Å². The van der Waals surface area contributed by atoms with Gasteiger partial charge in [0.05, 0.1) is 12.1 Å². The van der Waals surface area contributed by atoms with Crippen LogP contribution < -0.4 is 16.6 Å². The fourth-order valence-electron chi connectivity index (χ4n) is 1.25. The Balaban J connectivity index is 2.10. The Kier molecular flexibility index (Phi) is 3.85. The van der Waals surface area contributed by atoms with Crippen molar-refractivity contribution < 1.29 is 9.32 Å². The van der Waals surface area contributed by atoms with Crippen molar-refractivity contribution in [3.63, 3.8) is 0 Å². The molecule has 0 aliphatic carbocycles. The first-order valence-electron chi connectivity index (χ1n) is 4.86. The predicted molar refractivity (Wildman–Crippen MR) is 65.2 cm³/mol. The Morgan fingerprint density at radius 1 is 1.50 bits per heavy atom. The minimum atomic E-state index is -0.346. The zero-order valence-corrected chi connectivity index (χ0v) is 10.6. The van der Waals surface area contributed by atoms with Gasteiger partial charge in [0.1, 0.15) is 0 Å². The van der Waals surface area contributed by atoms with E-state index >= 15 is 0 Å². The number of rotatable bonds is 4. The van der Waals surface area contributed by atoms with Crippen LogP contribution in [0.4, 0.5) is 5.82 Å². The molecule has 0 spiro atoms. The topological polar surface area (TPSA) is 119 Å². The molecular formula is C9H9BrN6O2. The fourth-order valence-corrected chi connectivity index (χ4v) is 1.58. The number of carbonyl (C=O) groups excluding carboxylic acids is 1. The summed E-state index contributed by atoms with van der Waals surface area (Å²) in [6.07, 6.45) is 2.72. The predicted octanol–water partition coefficient (Wildman–Crippen LogP) is 0.443. The molecule has 9 heteroatoms. The lowest BCUT2D eigenvalue weighted by Crippen LogP contribution is -2.25. The number of halogens is 1. The average Bonchev–Trinajstić information content (AvgIpc) is 2.89. The maximum atomic E-state index is 11.9. The summed E-state index contributed by atoms with van der Waals surface area (Å²) in [5.74, 6) is 5.60. The summed E-state index contributed by atoms with van der Waals surface area (Å²) < 4.78 is 5.22. The van der Waals surface area contributed by atoms with Crippen LogP contribution in [0.25, 0.3) is 0 Å². The van der Waals surface area contributed by atoms with E-state index in [0.717, 1.165) is 0 Å². The normalized spacial score (nSPS) is 10.1. The van der Waals surface area contributed by atoms with E-state index in [2.05, 4.69) is 46.3 Å². The summed E-state index contributed by atoms with van der Waals surface area (Å²) in [5.41, 5.74) is 2.67. The molecular weight excluding hydrogens is 304 g/mol. The molecule has 2 aromatic heterocycles. The summed E-state index contributed by atoms with van der Waals surface area (Å²) in [6.45, 7) is 0.159. The van der Waals surface area contributed by atoms with Crippen molar-refractivity contribution in [3.8, 4) is 0 Å². The van der Waals surface area contributed by atoms with Crippen LogP contribution in [0.5, 0.6) is 0 Å². The highest BCUT2D eigenvalue weighted by Crippen LogP contribution is 2.17. The smallest absolute Gasteiger partial charge is 0.255 e. The molecule has 0 fully saturated rings. The first-order chi connectivity index (χ1) is 8.70. The van der Waals surface area contributed by atoms with E-state index in [0.29, 0.717) is 15.9 Å². The van der Waals surface area contributed by atoms with Crippen LogP contribution in [0.2, 0.25) is 0 Å². The Morgan fingerprint density at radius 2 is 2.33 bits per heavy atom. The molecule has 0 aromatic carbocycles. The lowest BCUT2D eigenvalue weighted by atomic mass is 10.2. The van der Waals surface area contributed by atoms with Crippen LogP contribution in [-0.2, 0) is 6.54 Å². The van der Waals surface area contributed by atoms with Crippen LogP contribution in [0.15, 0.2) is 27.7 Å². The Morgan fingerprint density at radius 3 is 3.00 bits per heavy atom. The van der Waals surface area contributed by atoms with E-state index in [9.17, 15) is 4.79 Å². The number of nitrogens with two attached hydrogens (primary N) is 1. The summed E-state index contributed by atoms with van der Waals surface area (Å²) >= 11 is 3.23. The number of hydrazine groups is 1. The van der Waals surface area contributed by atoms with E-state index in [1.807, 2.05) is 0 Å². The van der Waals surface area contributed by atoms with Crippen LogP contribution in [0.1, 0.15) is 16.2 Å². The van der Waals surface area contributed by atoms with E-state index in [1.165, 1.54) is 12.6 Å². The average molecular weight is 313 g/mol. The number of nitrogens with zero attached hydrogens (tertiary/aromatic N) is 3. The second-order valence-corrected chi connectivity index (χ2v) is 4.14. The number of amides is 1. The molecule has 94 valence electrons. The van der Waals surface area contributed by atoms with E-state index in [-0.39, 0.29) is 18.3 Å². The lowest BCUT2D eigenvalue weighted by molar-refractivity contribution is 0.0950. The molecule has 0 saturated heterocycles. The van der Waals surface area contributed by atoms with Gasteiger partial charge in [-0.15, -0.1) is 0 Å². The molecule has 0 aliphatic rings. The summed E-state index contributed by atoms with van der Waals surface area (Å²) in [6, 6.07) is 1.60. The fraction of sp³-hybridized carbons (Fsp3) is 0.111. The highest BCUT2D eigenvalue weighted by molar-refractivity contribution is 9.10. The number of anilines is 1. The maximum Gasteiger partial charge on any atom is 0.255 e. The number of hydrogen-bond acceptors (Lipinski definition) is 7. The summed E-state index contributed by atoms with van der Waals surface area (Å²) in [5, 5.41) is 6.20. The molecule has 18 heavy (non-hydrogen) atoms. The molecule has 0 unspecified atom stereocenters. The summed E-state index contributed by atoms with van der Waals surface area (Å²) in [7, 11) is 0. The molecule has 0 aliphatic heterocycles. The third kappa shape index (κ3) is 2.81. The van der Waals surface area contributed by atoms with Crippen molar-refractivity contribution >= 4 is 27.7 Å². The highest BCUT2D eigenvalue weighted by atomic mass is 79.9. The van der Waals surface area contributed by atoms with Gasteiger partial charge in [-0.2, -0.15) is 4.98 Å². The van der Waals surface area contributed by atoms with Crippen LogP contribution in [0.3, 0.4) is 0 Å². The second-order valence-electron chi connectivity index (χ2n) is 3.22. The number of carbonyl (C=O) groups is 1. The first-order valence-corrected chi connectivity index (χ1v) is 5.65. The minimum absolute atomic E-state index is 0.159. The van der Waals surface area contributed by atoms with Gasteiger partial charge in [-0.05, 0) is 22.0 Å². The van der Waals surface area contributed by atoms with Crippen molar-refractivity contribution in [2.24, 2.45) is 5.84 Å². The van der Waals surface area contributed by atoms with Crippen LogP contribution in [0, 0.1) is 0 Å². The van der Waals surface area contributed by atoms with E-state index < -0.39 is 0 Å². The molecule has 0 saturated carbocycles. The number of aromatic nitrogens is 3. The molecule has 0 atom stereocenters. The van der Waals surface area contributed by atoms with Gasteiger partial charge in [0.15, 0.2) is 11.6 Å². The van der Waals surface area contributed by atoms with Gasteiger partial charge in [-0.25, -0.2) is 10.8 Å². The molecule has 4 N–H and O–H groups in total. The van der Waals surface area contributed by atoms with Crippen molar-refractivity contribution in [2.45, 2.75) is 6.54 Å². The zero-order chi connectivity index (χ0) is 13.0. The van der Waals surface area contributed by atoms with Gasteiger partial charge >= 0.3 is 0 Å². The quantitative estimate of drug-likeness (QED) is 0.553. The van der Waals surface area contributed by atoms with Crippen molar-refractivity contribution in [1.29, 1.82) is 0 Å². The largest absolute Gasteiger partial charge is 0.344 e. The second kappa shape index (κ2) is 5.56. The molecule has 0 bridgehead atoms. The number of pyridine rings is 1. The number of nitrogens with one attached hydrogen (secondary N) is 2. The SMILES string of the molecule is NNc1ncc(Br)cc1C(=O)NCc1ncon1. The Labute approximate surface area is 110 Å². The van der Waals surface area contributed by atoms with Crippen LogP contribution >= 0.6 is 15.9 Å². The first kappa shape index (κ1) is 12.5. The van der Waals surface area contributed by atoms with E-state index in [1.54, 1.807) is 6.07 Å². The molecule has 8 nitrogen and oxygen atoms in total. The van der Waals surface area contributed by atoms with Gasteiger partial charge in [0.2, 0.25) is 6.39 Å². The molecule has 2 heterocycles. The van der Waals surface area contributed by atoms with Crippen molar-refractivity contribution in [2.75, 3.05) is 5.43 Å². The van der Waals surface area contributed by atoms with E-state index in [4.69, 9.17) is 5.84 Å². The summed E-state index contributed by atoms with van der Waals surface area (Å²) in [4.78, 5) is 19.7. The third-order valence-corrected chi connectivity index (χ3v) is 2.48. The third-order valence-electron chi connectivity index (χ3n) is 2.05. The molecule has 1 amide bonds. The molecule has 2 aromatic rings. The van der Waals surface area contributed by atoms with Gasteiger partial charge in [0.25, 0.3) is 5.91 Å². The highest BCUT2D eigenvalue weighted by Gasteiger charge is 2.13. The molecule has 2 rings (SSSR count). The van der Waals surface area contributed by atoms with Crippen LogP contribution in [-0.4, -0.2) is 21.0 Å². The van der Waals surface area contributed by atoms with Gasteiger partial charge in [-0.1, -0.05) is 5.16 Å². The minimum Gasteiger partial charge on any atom is -0.344 e. The zero-order valence-electron chi connectivity index (χ0n) is 9.05. The van der Waals surface area contributed by atoms with Gasteiger partial charge < -0.3 is 15.3 Å². The van der Waals surface area contributed by atoms with Gasteiger partial charge in [-0.3, -0.25) is 4.79 Å². The monoisotopic (exact) mass is 312 g/mol. The number of hydrogen-bond donors (Lipinski definition) is 3. The van der Waals surface area contributed by atoms with Crippen molar-refractivity contribution in [1.82, 2.24) is 20.4 Å².